The minimum Gasteiger partial charge on any atom is -0.366 e. The molecule has 0 heterocycles. The van der Waals surface area contributed by atoms with Crippen LogP contribution in [0.4, 0.5) is 5.69 Å². The van der Waals surface area contributed by atoms with Gasteiger partial charge in [0.05, 0.1) is 0 Å². The number of nitrogens with one attached hydrogen (secondary N) is 2. The molecule has 4 N–H and O–H groups in total. The molecule has 0 aliphatic heterocycles. The van der Waals surface area contributed by atoms with Crippen LogP contribution in [-0.4, -0.2) is 24.3 Å². The van der Waals surface area contributed by atoms with Gasteiger partial charge in [0.1, 0.15) is 0 Å². The van der Waals surface area contributed by atoms with Crippen molar-refractivity contribution in [2.75, 3.05) is 11.9 Å². The molecule has 6 heteroatoms. The zero-order chi connectivity index (χ0) is 20.0. The summed E-state index contributed by atoms with van der Waals surface area (Å²) in [5.74, 6) is -0.967. The zero-order valence-electron chi connectivity index (χ0n) is 15.8. The van der Waals surface area contributed by atoms with E-state index in [9.17, 15) is 14.4 Å². The molecule has 0 aliphatic carbocycles. The van der Waals surface area contributed by atoms with Gasteiger partial charge < -0.3 is 16.4 Å². The Morgan fingerprint density at radius 1 is 0.889 bits per heavy atom. The first-order valence-electron chi connectivity index (χ1n) is 8.75. The van der Waals surface area contributed by atoms with E-state index in [4.69, 9.17) is 5.73 Å². The van der Waals surface area contributed by atoms with Gasteiger partial charge in [-0.15, -0.1) is 0 Å². The highest BCUT2D eigenvalue weighted by Crippen LogP contribution is 2.22. The van der Waals surface area contributed by atoms with Crippen LogP contribution in [0, 0.1) is 0 Å². The normalized spacial score (nSPS) is 10.9. The molecule has 0 bridgehead atoms. The van der Waals surface area contributed by atoms with Crippen molar-refractivity contribution in [2.45, 2.75) is 32.6 Å². The molecule has 142 valence electrons. The van der Waals surface area contributed by atoms with Crippen molar-refractivity contribution in [2.24, 2.45) is 5.73 Å². The van der Waals surface area contributed by atoms with Gasteiger partial charge in [0, 0.05) is 29.8 Å². The predicted molar refractivity (Wildman–Crippen MR) is 106 cm³/mol. The van der Waals surface area contributed by atoms with Gasteiger partial charge in [-0.1, -0.05) is 32.9 Å². The summed E-state index contributed by atoms with van der Waals surface area (Å²) in [7, 11) is 0. The molecule has 0 spiro atoms. The topological polar surface area (TPSA) is 101 Å². The van der Waals surface area contributed by atoms with Crippen LogP contribution in [0.1, 0.15) is 53.5 Å². The van der Waals surface area contributed by atoms with E-state index in [-0.39, 0.29) is 30.2 Å². The lowest BCUT2D eigenvalue weighted by molar-refractivity contribution is -0.116. The Morgan fingerprint density at radius 3 is 1.96 bits per heavy atom. The van der Waals surface area contributed by atoms with Crippen molar-refractivity contribution >= 4 is 23.4 Å². The molecule has 0 aliphatic rings. The number of rotatable bonds is 6. The molecule has 2 aromatic carbocycles. The number of benzene rings is 2. The van der Waals surface area contributed by atoms with Crippen molar-refractivity contribution in [3.8, 4) is 0 Å². The molecule has 27 heavy (non-hydrogen) atoms. The zero-order valence-corrected chi connectivity index (χ0v) is 15.8. The van der Waals surface area contributed by atoms with E-state index in [1.165, 1.54) is 0 Å². The number of hydrogen-bond donors (Lipinski definition) is 3. The lowest BCUT2D eigenvalue weighted by Gasteiger charge is -2.19. The van der Waals surface area contributed by atoms with Gasteiger partial charge in [0.25, 0.3) is 5.91 Å². The summed E-state index contributed by atoms with van der Waals surface area (Å²) in [5, 5.41) is 5.44. The summed E-state index contributed by atoms with van der Waals surface area (Å²) in [5.41, 5.74) is 7.85. The van der Waals surface area contributed by atoms with Gasteiger partial charge in [0.2, 0.25) is 11.8 Å². The van der Waals surface area contributed by atoms with Gasteiger partial charge in [-0.3, -0.25) is 14.4 Å². The summed E-state index contributed by atoms with van der Waals surface area (Å²) in [6.45, 7) is 6.57. The van der Waals surface area contributed by atoms with Crippen molar-refractivity contribution in [1.29, 1.82) is 0 Å². The van der Waals surface area contributed by atoms with E-state index in [1.807, 2.05) is 12.1 Å². The first-order valence-corrected chi connectivity index (χ1v) is 8.75. The molecule has 2 rings (SSSR count). The number of carbonyl (C=O) groups is 3. The van der Waals surface area contributed by atoms with Gasteiger partial charge in [-0.2, -0.15) is 0 Å². The third-order valence-electron chi connectivity index (χ3n) is 4.10. The minimum atomic E-state index is -0.522. The van der Waals surface area contributed by atoms with Crippen LogP contribution in [0.2, 0.25) is 0 Å². The Labute approximate surface area is 159 Å². The third-order valence-corrected chi connectivity index (χ3v) is 4.10. The third kappa shape index (κ3) is 5.95. The van der Waals surface area contributed by atoms with Crippen LogP contribution in [0.15, 0.2) is 48.5 Å². The second-order valence-corrected chi connectivity index (χ2v) is 7.32. The molecule has 6 nitrogen and oxygen atoms in total. The van der Waals surface area contributed by atoms with Gasteiger partial charge in [-0.25, -0.2) is 0 Å². The Hall–Kier alpha value is -3.15. The number of hydrogen-bond acceptors (Lipinski definition) is 3. The highest BCUT2D eigenvalue weighted by atomic mass is 16.2. The number of carbonyl (C=O) groups excluding carboxylic acids is 3. The number of amides is 3. The molecule has 0 fully saturated rings. The minimum absolute atomic E-state index is 0.0305. The number of anilines is 1. The van der Waals surface area contributed by atoms with Gasteiger partial charge in [-0.05, 0) is 47.4 Å². The predicted octanol–water partition coefficient (Wildman–Crippen LogP) is 2.84. The SMILES string of the molecule is CC(C)(C)c1ccc(C(=O)NCCC(=O)Nc2ccc(C(N)=O)cc2)cc1. The van der Waals surface area contributed by atoms with Crippen molar-refractivity contribution in [3.63, 3.8) is 0 Å². The van der Waals surface area contributed by atoms with E-state index in [0.717, 1.165) is 5.56 Å². The van der Waals surface area contributed by atoms with Crippen LogP contribution < -0.4 is 16.4 Å². The van der Waals surface area contributed by atoms with Gasteiger partial charge in [0.15, 0.2) is 0 Å². The fraction of sp³-hybridized carbons (Fsp3) is 0.286. The second kappa shape index (κ2) is 8.49. The first kappa shape index (κ1) is 20.2. The Balaban J connectivity index is 1.80. The fourth-order valence-electron chi connectivity index (χ4n) is 2.45. The summed E-state index contributed by atoms with van der Waals surface area (Å²) in [6.07, 6.45) is 0.142. The highest BCUT2D eigenvalue weighted by Gasteiger charge is 2.14. The standard InChI is InChI=1S/C21H25N3O3/c1-21(2,3)16-8-4-15(5-9-16)20(27)23-13-12-18(25)24-17-10-6-14(7-11-17)19(22)26/h4-11H,12-13H2,1-3H3,(H2,22,26)(H,23,27)(H,24,25). The maximum atomic E-state index is 12.2. The van der Waals surface area contributed by atoms with Crippen LogP contribution in [0.25, 0.3) is 0 Å². The van der Waals surface area contributed by atoms with Crippen molar-refractivity contribution in [3.05, 3.63) is 65.2 Å². The molecule has 0 unspecified atom stereocenters. The summed E-state index contributed by atoms with van der Waals surface area (Å²) in [6, 6.07) is 13.8. The highest BCUT2D eigenvalue weighted by molar-refractivity contribution is 5.96. The van der Waals surface area contributed by atoms with Crippen molar-refractivity contribution < 1.29 is 14.4 Å². The largest absolute Gasteiger partial charge is 0.366 e. The maximum absolute atomic E-state index is 12.2. The lowest BCUT2D eigenvalue weighted by atomic mass is 9.87. The van der Waals surface area contributed by atoms with E-state index in [1.54, 1.807) is 36.4 Å². The molecule has 0 atom stereocenters. The number of nitrogens with two attached hydrogens (primary N) is 1. The molecular formula is C21H25N3O3. The summed E-state index contributed by atoms with van der Waals surface area (Å²) >= 11 is 0. The molecule has 0 aromatic heterocycles. The summed E-state index contributed by atoms with van der Waals surface area (Å²) in [4.78, 5) is 35.1. The molecule has 3 amide bonds. The smallest absolute Gasteiger partial charge is 0.251 e. The molecule has 2 aromatic rings. The van der Waals surface area contributed by atoms with E-state index in [2.05, 4.69) is 31.4 Å². The second-order valence-electron chi connectivity index (χ2n) is 7.32. The summed E-state index contributed by atoms with van der Waals surface area (Å²) < 4.78 is 0. The Kier molecular flexibility index (Phi) is 6.34. The lowest BCUT2D eigenvalue weighted by Crippen LogP contribution is -2.27. The Bertz CT molecular complexity index is 819. The van der Waals surface area contributed by atoms with E-state index in [0.29, 0.717) is 16.8 Å². The average molecular weight is 367 g/mol. The number of primary amides is 1. The fourth-order valence-corrected chi connectivity index (χ4v) is 2.45. The van der Waals surface area contributed by atoms with Crippen LogP contribution in [0.3, 0.4) is 0 Å². The quantitative estimate of drug-likeness (QED) is 0.732. The van der Waals surface area contributed by atoms with Crippen LogP contribution in [0.5, 0.6) is 0 Å². The molecule has 0 saturated carbocycles. The molecule has 0 saturated heterocycles. The van der Waals surface area contributed by atoms with E-state index >= 15 is 0 Å². The van der Waals surface area contributed by atoms with Crippen LogP contribution in [-0.2, 0) is 10.2 Å². The van der Waals surface area contributed by atoms with Gasteiger partial charge >= 0.3 is 0 Å². The average Bonchev–Trinajstić information content (AvgIpc) is 2.61. The Morgan fingerprint density at radius 2 is 1.44 bits per heavy atom. The van der Waals surface area contributed by atoms with Crippen LogP contribution >= 0.6 is 0 Å². The van der Waals surface area contributed by atoms with Crippen molar-refractivity contribution in [1.82, 2.24) is 5.32 Å². The maximum Gasteiger partial charge on any atom is 0.251 e. The monoisotopic (exact) mass is 367 g/mol. The molecular weight excluding hydrogens is 342 g/mol. The first-order chi connectivity index (χ1) is 12.7. The molecule has 0 radical (unpaired) electrons. The van der Waals surface area contributed by atoms with E-state index < -0.39 is 5.91 Å².